The largest absolute Gasteiger partial charge is 0.464 e. The van der Waals surface area contributed by atoms with Gasteiger partial charge in [-0.2, -0.15) is 0 Å². The monoisotopic (exact) mass is 514 g/mol. The Morgan fingerprint density at radius 1 is 0.711 bits per heavy atom. The highest BCUT2D eigenvalue weighted by molar-refractivity contribution is 5.40. The van der Waals surface area contributed by atoms with Crippen molar-refractivity contribution in [3.63, 3.8) is 0 Å². The van der Waals surface area contributed by atoms with E-state index >= 15 is 0 Å². The summed E-state index contributed by atoms with van der Waals surface area (Å²) < 4.78 is 13.7. The maximum absolute atomic E-state index is 6.88. The summed E-state index contributed by atoms with van der Waals surface area (Å²) in [6, 6.07) is 30.1. The van der Waals surface area contributed by atoms with E-state index in [1.165, 1.54) is 16.7 Å². The van der Waals surface area contributed by atoms with Crippen LogP contribution in [0.5, 0.6) is 5.75 Å². The molecule has 3 rings (SSSR count). The first-order chi connectivity index (χ1) is 18.1. The van der Waals surface area contributed by atoms with Gasteiger partial charge in [0.05, 0.1) is 11.5 Å². The molecule has 0 spiro atoms. The third-order valence-corrected chi connectivity index (χ3v) is 7.79. The number of benzene rings is 3. The van der Waals surface area contributed by atoms with Gasteiger partial charge in [0.25, 0.3) is 0 Å². The fraction of sp³-hybridized carbons (Fsp3) is 0.500. The van der Waals surface area contributed by atoms with Gasteiger partial charge in [-0.15, -0.1) is 0 Å². The molecule has 0 aliphatic rings. The number of hydrogen-bond acceptors (Lipinski definition) is 2. The molecule has 0 saturated heterocycles. The molecule has 0 bridgehead atoms. The normalized spacial score (nSPS) is 14.8. The summed E-state index contributed by atoms with van der Waals surface area (Å²) in [5, 5.41) is 0. The minimum atomic E-state index is -0.491. The van der Waals surface area contributed by atoms with Crippen LogP contribution in [0.25, 0.3) is 0 Å². The molecule has 3 aromatic rings. The van der Waals surface area contributed by atoms with E-state index < -0.39 is 11.7 Å². The molecular weight excluding hydrogens is 464 g/mol. The molecule has 0 radical (unpaired) electrons. The molecule has 0 aliphatic heterocycles. The molecule has 3 aromatic carbocycles. The van der Waals surface area contributed by atoms with Gasteiger partial charge >= 0.3 is 0 Å². The summed E-state index contributed by atoms with van der Waals surface area (Å²) >= 11 is 0. The summed E-state index contributed by atoms with van der Waals surface area (Å²) in [6.07, 6.45) is 3.86. The summed E-state index contributed by atoms with van der Waals surface area (Å²) in [4.78, 5) is 0. The molecule has 0 aromatic heterocycles. The van der Waals surface area contributed by atoms with Crippen LogP contribution >= 0.6 is 0 Å². The van der Waals surface area contributed by atoms with Gasteiger partial charge in [0.15, 0.2) is 0 Å². The third kappa shape index (κ3) is 7.73. The van der Waals surface area contributed by atoms with E-state index in [1.54, 1.807) is 0 Å². The highest BCUT2D eigenvalue weighted by Gasteiger charge is 2.42. The van der Waals surface area contributed by atoms with Crippen LogP contribution in [0.15, 0.2) is 84.9 Å². The van der Waals surface area contributed by atoms with Gasteiger partial charge in [-0.3, -0.25) is 0 Å². The zero-order chi connectivity index (χ0) is 27.8. The van der Waals surface area contributed by atoms with Crippen molar-refractivity contribution in [2.24, 2.45) is 11.3 Å². The Hall–Kier alpha value is -2.58. The SMILES string of the molecule is CCCC(CC)OC(Oc1ccc(C(CC(C)(C)C)C(C)C)cc1)C(C)(c1ccccc1)c1ccccc1. The Morgan fingerprint density at radius 3 is 1.66 bits per heavy atom. The van der Waals surface area contributed by atoms with Crippen molar-refractivity contribution < 1.29 is 9.47 Å². The van der Waals surface area contributed by atoms with Crippen LogP contribution in [0.3, 0.4) is 0 Å². The Bertz CT molecular complexity index is 1020. The van der Waals surface area contributed by atoms with E-state index in [0.717, 1.165) is 31.4 Å². The first-order valence-corrected chi connectivity index (χ1v) is 14.6. The van der Waals surface area contributed by atoms with Crippen LogP contribution < -0.4 is 4.74 Å². The number of rotatable bonds is 13. The molecule has 38 heavy (non-hydrogen) atoms. The predicted octanol–water partition coefficient (Wildman–Crippen LogP) is 10.2. The lowest BCUT2D eigenvalue weighted by atomic mass is 9.75. The molecule has 0 fully saturated rings. The molecule has 0 aliphatic carbocycles. The first-order valence-electron chi connectivity index (χ1n) is 14.6. The smallest absolute Gasteiger partial charge is 0.213 e. The molecule has 0 amide bonds. The average Bonchev–Trinajstić information content (AvgIpc) is 2.91. The van der Waals surface area contributed by atoms with Gasteiger partial charge in [-0.05, 0) is 72.3 Å². The second-order valence-corrected chi connectivity index (χ2v) is 12.5. The summed E-state index contributed by atoms with van der Waals surface area (Å²) in [5.41, 5.74) is 3.54. The van der Waals surface area contributed by atoms with E-state index in [2.05, 4.69) is 140 Å². The van der Waals surface area contributed by atoms with Crippen molar-refractivity contribution >= 4 is 0 Å². The van der Waals surface area contributed by atoms with E-state index in [-0.39, 0.29) is 11.5 Å². The maximum atomic E-state index is 6.88. The molecule has 2 heteroatoms. The van der Waals surface area contributed by atoms with Crippen LogP contribution in [0, 0.1) is 11.3 Å². The predicted molar refractivity (Wildman–Crippen MR) is 162 cm³/mol. The summed E-state index contributed by atoms with van der Waals surface area (Å²) in [6.45, 7) is 18.3. The average molecular weight is 515 g/mol. The quantitative estimate of drug-likeness (QED) is 0.211. The highest BCUT2D eigenvalue weighted by atomic mass is 16.7. The van der Waals surface area contributed by atoms with E-state index in [1.807, 2.05) is 0 Å². The van der Waals surface area contributed by atoms with E-state index in [0.29, 0.717) is 11.8 Å². The lowest BCUT2D eigenvalue weighted by molar-refractivity contribution is -0.151. The minimum Gasteiger partial charge on any atom is -0.464 e. The van der Waals surface area contributed by atoms with Gasteiger partial charge < -0.3 is 9.47 Å². The van der Waals surface area contributed by atoms with Crippen molar-refractivity contribution in [2.45, 2.75) is 105 Å². The topological polar surface area (TPSA) is 18.5 Å². The molecule has 0 saturated carbocycles. The van der Waals surface area contributed by atoms with Crippen LogP contribution in [0.4, 0.5) is 0 Å². The van der Waals surface area contributed by atoms with Crippen molar-refractivity contribution in [3.8, 4) is 5.75 Å². The van der Waals surface area contributed by atoms with E-state index in [4.69, 9.17) is 9.47 Å². The Kier molecular flexibility index (Phi) is 10.6. The second kappa shape index (κ2) is 13.5. The lowest BCUT2D eigenvalue weighted by Gasteiger charge is -2.40. The van der Waals surface area contributed by atoms with Gasteiger partial charge in [0.2, 0.25) is 6.29 Å². The van der Waals surface area contributed by atoms with Gasteiger partial charge in [0.1, 0.15) is 5.75 Å². The third-order valence-electron chi connectivity index (χ3n) is 7.79. The van der Waals surface area contributed by atoms with Crippen molar-refractivity contribution in [2.75, 3.05) is 0 Å². The molecule has 3 atom stereocenters. The van der Waals surface area contributed by atoms with Gasteiger partial charge in [-0.1, -0.05) is 128 Å². The molecule has 0 N–H and O–H groups in total. The van der Waals surface area contributed by atoms with Crippen molar-refractivity contribution in [1.29, 1.82) is 0 Å². The molecular formula is C36H50O2. The summed E-state index contributed by atoms with van der Waals surface area (Å²) in [5.74, 6) is 1.95. The van der Waals surface area contributed by atoms with Crippen molar-refractivity contribution in [1.82, 2.24) is 0 Å². The second-order valence-electron chi connectivity index (χ2n) is 12.5. The van der Waals surface area contributed by atoms with Gasteiger partial charge in [-0.25, -0.2) is 0 Å². The van der Waals surface area contributed by atoms with Crippen LogP contribution in [0.2, 0.25) is 0 Å². The Morgan fingerprint density at radius 2 is 1.24 bits per heavy atom. The Labute approximate surface area is 232 Å². The summed E-state index contributed by atoms with van der Waals surface area (Å²) in [7, 11) is 0. The Balaban J connectivity index is 2.02. The fourth-order valence-electron chi connectivity index (χ4n) is 5.47. The standard InChI is InChI=1S/C36H50O2/c1-9-17-31(10-2)37-34(36(8,29-18-13-11-14-19-29)30-20-15-12-16-21-30)38-32-24-22-28(23-25-32)33(27(3)4)26-35(5,6)7/h11-16,18-25,27,31,33-34H,9-10,17,26H2,1-8H3. The highest BCUT2D eigenvalue weighted by Crippen LogP contribution is 2.40. The van der Waals surface area contributed by atoms with Crippen molar-refractivity contribution in [3.05, 3.63) is 102 Å². The first kappa shape index (κ1) is 30.0. The molecule has 0 heterocycles. The number of hydrogen-bond donors (Lipinski definition) is 0. The minimum absolute atomic E-state index is 0.133. The molecule has 2 nitrogen and oxygen atoms in total. The fourth-order valence-corrected chi connectivity index (χ4v) is 5.47. The zero-order valence-corrected chi connectivity index (χ0v) is 25.0. The lowest BCUT2D eigenvalue weighted by Crippen LogP contribution is -2.45. The van der Waals surface area contributed by atoms with Crippen LogP contribution in [-0.4, -0.2) is 12.4 Å². The van der Waals surface area contributed by atoms with E-state index in [9.17, 15) is 0 Å². The maximum Gasteiger partial charge on any atom is 0.213 e. The number of ether oxygens (including phenoxy) is 2. The zero-order valence-electron chi connectivity index (χ0n) is 25.0. The van der Waals surface area contributed by atoms with Gasteiger partial charge in [0, 0.05) is 0 Å². The molecule has 3 unspecified atom stereocenters. The van der Waals surface area contributed by atoms with Crippen LogP contribution in [0.1, 0.15) is 104 Å². The molecule has 206 valence electrons. The van der Waals surface area contributed by atoms with Crippen LogP contribution in [-0.2, 0) is 10.2 Å².